The molecule has 128 valence electrons. The molecule has 0 saturated heterocycles. The van der Waals surface area contributed by atoms with E-state index in [9.17, 15) is 9.59 Å². The maximum Gasteiger partial charge on any atom is 0.255 e. The van der Waals surface area contributed by atoms with Gasteiger partial charge in [0.1, 0.15) is 0 Å². The summed E-state index contributed by atoms with van der Waals surface area (Å²) < 4.78 is 0. The molecule has 0 aliphatic heterocycles. The summed E-state index contributed by atoms with van der Waals surface area (Å²) >= 11 is 5.83. The molecule has 0 radical (unpaired) electrons. The van der Waals surface area contributed by atoms with Crippen LogP contribution in [0, 0.1) is 5.92 Å². The normalized spacial score (nSPS) is 14.1. The first-order chi connectivity index (χ1) is 12.0. The van der Waals surface area contributed by atoms with Crippen LogP contribution in [0.5, 0.6) is 0 Å². The highest BCUT2D eigenvalue weighted by molar-refractivity contribution is 6.30. The topological polar surface area (TPSA) is 70.6 Å². The third kappa shape index (κ3) is 4.67. The maximum atomic E-state index is 12.3. The van der Waals surface area contributed by atoms with Crippen LogP contribution < -0.4 is 10.7 Å². The van der Waals surface area contributed by atoms with Gasteiger partial charge in [-0.1, -0.05) is 23.7 Å². The van der Waals surface area contributed by atoms with Crippen molar-refractivity contribution in [3.05, 3.63) is 64.7 Å². The van der Waals surface area contributed by atoms with E-state index in [4.69, 9.17) is 11.6 Å². The standard InChI is InChI=1S/C19H18ClN3O2/c1-12(22-23-19(25)14-5-6-14)15-3-2-4-17(11-15)21-18(24)13-7-9-16(20)10-8-13/h2-4,7-11,14H,5-6H2,1H3,(H,21,24)(H,23,25). The Labute approximate surface area is 151 Å². The second-order valence-corrected chi connectivity index (χ2v) is 6.43. The predicted octanol–water partition coefficient (Wildman–Crippen LogP) is 3.84. The van der Waals surface area contributed by atoms with Gasteiger partial charge < -0.3 is 5.32 Å². The van der Waals surface area contributed by atoms with E-state index in [1.165, 1.54) is 0 Å². The lowest BCUT2D eigenvalue weighted by atomic mass is 10.1. The molecule has 6 heteroatoms. The van der Waals surface area contributed by atoms with Gasteiger partial charge in [-0.2, -0.15) is 5.10 Å². The van der Waals surface area contributed by atoms with Gasteiger partial charge in [-0.25, -0.2) is 5.43 Å². The van der Waals surface area contributed by atoms with Gasteiger partial charge in [-0.05, 0) is 61.7 Å². The quantitative estimate of drug-likeness (QED) is 0.631. The predicted molar refractivity (Wildman–Crippen MR) is 98.9 cm³/mol. The van der Waals surface area contributed by atoms with Crippen molar-refractivity contribution in [1.29, 1.82) is 0 Å². The number of halogens is 1. The molecule has 0 bridgehead atoms. The Balaban J connectivity index is 1.68. The highest BCUT2D eigenvalue weighted by Gasteiger charge is 2.29. The number of carbonyl (C=O) groups is 2. The van der Waals surface area contributed by atoms with Crippen molar-refractivity contribution < 1.29 is 9.59 Å². The van der Waals surface area contributed by atoms with Crippen LogP contribution >= 0.6 is 11.6 Å². The molecule has 2 N–H and O–H groups in total. The zero-order valence-electron chi connectivity index (χ0n) is 13.8. The highest BCUT2D eigenvalue weighted by Crippen LogP contribution is 2.28. The first-order valence-electron chi connectivity index (χ1n) is 8.04. The average Bonchev–Trinajstić information content (AvgIpc) is 3.45. The van der Waals surface area contributed by atoms with Gasteiger partial charge in [0.2, 0.25) is 5.91 Å². The number of rotatable bonds is 5. The van der Waals surface area contributed by atoms with Gasteiger partial charge in [0.25, 0.3) is 5.91 Å². The fourth-order valence-corrected chi connectivity index (χ4v) is 2.39. The first-order valence-corrected chi connectivity index (χ1v) is 8.42. The first kappa shape index (κ1) is 17.2. The zero-order valence-corrected chi connectivity index (χ0v) is 14.5. The minimum absolute atomic E-state index is 0.0356. The molecule has 0 heterocycles. The molecule has 1 aliphatic carbocycles. The van der Waals surface area contributed by atoms with Crippen LogP contribution in [0.3, 0.4) is 0 Å². The smallest absolute Gasteiger partial charge is 0.255 e. The molecule has 2 aromatic carbocycles. The Morgan fingerprint density at radius 3 is 2.48 bits per heavy atom. The fourth-order valence-electron chi connectivity index (χ4n) is 2.27. The van der Waals surface area contributed by atoms with Crippen LogP contribution in [0.1, 0.15) is 35.7 Å². The summed E-state index contributed by atoms with van der Waals surface area (Å²) in [5.74, 6) is -0.140. The van der Waals surface area contributed by atoms with Crippen LogP contribution in [0.15, 0.2) is 53.6 Å². The van der Waals surface area contributed by atoms with E-state index in [2.05, 4.69) is 15.8 Å². The number of carbonyl (C=O) groups excluding carboxylic acids is 2. The van der Waals surface area contributed by atoms with Crippen molar-refractivity contribution in [3.63, 3.8) is 0 Å². The summed E-state index contributed by atoms with van der Waals surface area (Å²) in [6.45, 7) is 1.81. The van der Waals surface area contributed by atoms with Crippen LogP contribution in [0.2, 0.25) is 5.02 Å². The minimum Gasteiger partial charge on any atom is -0.322 e. The van der Waals surface area contributed by atoms with Crippen molar-refractivity contribution in [1.82, 2.24) is 5.43 Å². The van der Waals surface area contributed by atoms with E-state index < -0.39 is 0 Å². The molecule has 0 unspecified atom stereocenters. The molecule has 3 rings (SSSR count). The Bertz CT molecular complexity index is 827. The summed E-state index contributed by atoms with van der Waals surface area (Å²) in [5.41, 5.74) is 5.26. The van der Waals surface area contributed by atoms with Crippen molar-refractivity contribution in [3.8, 4) is 0 Å². The molecular weight excluding hydrogens is 338 g/mol. The lowest BCUT2D eigenvalue weighted by molar-refractivity contribution is -0.122. The van der Waals surface area contributed by atoms with E-state index in [0.29, 0.717) is 22.0 Å². The number of hydrogen-bond donors (Lipinski definition) is 2. The molecular formula is C19H18ClN3O2. The molecule has 2 aromatic rings. The molecule has 0 atom stereocenters. The molecule has 1 saturated carbocycles. The molecule has 0 aromatic heterocycles. The maximum absolute atomic E-state index is 12.3. The van der Waals surface area contributed by atoms with Gasteiger partial charge in [0.15, 0.2) is 0 Å². The number of anilines is 1. The van der Waals surface area contributed by atoms with E-state index >= 15 is 0 Å². The summed E-state index contributed by atoms with van der Waals surface area (Å²) in [7, 11) is 0. The number of nitrogens with zero attached hydrogens (tertiary/aromatic N) is 1. The molecule has 1 fully saturated rings. The third-order valence-corrected chi connectivity index (χ3v) is 4.18. The van der Waals surface area contributed by atoms with Gasteiger partial charge >= 0.3 is 0 Å². The fraction of sp³-hybridized carbons (Fsp3) is 0.211. The third-order valence-electron chi connectivity index (χ3n) is 3.93. The van der Waals surface area contributed by atoms with Crippen LogP contribution in [-0.2, 0) is 4.79 Å². The van der Waals surface area contributed by atoms with Crippen molar-refractivity contribution in [2.24, 2.45) is 11.0 Å². The molecule has 5 nitrogen and oxygen atoms in total. The highest BCUT2D eigenvalue weighted by atomic mass is 35.5. The van der Waals surface area contributed by atoms with Gasteiger partial charge in [0, 0.05) is 22.2 Å². The van der Waals surface area contributed by atoms with Crippen molar-refractivity contribution >= 4 is 34.8 Å². The van der Waals surface area contributed by atoms with E-state index in [0.717, 1.165) is 18.4 Å². The average molecular weight is 356 g/mol. The minimum atomic E-state index is -0.217. The summed E-state index contributed by atoms with van der Waals surface area (Å²) in [6, 6.07) is 14.0. The molecule has 25 heavy (non-hydrogen) atoms. The Morgan fingerprint density at radius 1 is 1.08 bits per heavy atom. The lowest BCUT2D eigenvalue weighted by Gasteiger charge is -2.08. The largest absolute Gasteiger partial charge is 0.322 e. The molecule has 0 spiro atoms. The van der Waals surface area contributed by atoms with Crippen LogP contribution in [-0.4, -0.2) is 17.5 Å². The van der Waals surface area contributed by atoms with E-state index in [1.807, 2.05) is 25.1 Å². The lowest BCUT2D eigenvalue weighted by Crippen LogP contribution is -2.20. The summed E-state index contributed by atoms with van der Waals surface area (Å²) in [4.78, 5) is 23.9. The summed E-state index contributed by atoms with van der Waals surface area (Å²) in [5, 5.41) is 7.56. The van der Waals surface area contributed by atoms with E-state index in [1.54, 1.807) is 30.3 Å². The molecule has 1 aliphatic rings. The van der Waals surface area contributed by atoms with Gasteiger partial charge in [-0.3, -0.25) is 9.59 Å². The van der Waals surface area contributed by atoms with Crippen LogP contribution in [0.25, 0.3) is 0 Å². The Hall–Kier alpha value is -2.66. The zero-order chi connectivity index (χ0) is 17.8. The number of hydrazone groups is 1. The SMILES string of the molecule is CC(=NNC(=O)C1CC1)c1cccc(NC(=O)c2ccc(Cl)cc2)c1. The summed E-state index contributed by atoms with van der Waals surface area (Å²) in [6.07, 6.45) is 1.87. The Morgan fingerprint density at radius 2 is 1.80 bits per heavy atom. The van der Waals surface area contributed by atoms with Gasteiger partial charge in [-0.15, -0.1) is 0 Å². The number of benzene rings is 2. The molecule has 2 amide bonds. The monoisotopic (exact) mass is 355 g/mol. The van der Waals surface area contributed by atoms with Crippen molar-refractivity contribution in [2.75, 3.05) is 5.32 Å². The second-order valence-electron chi connectivity index (χ2n) is 5.99. The van der Waals surface area contributed by atoms with Crippen molar-refractivity contribution in [2.45, 2.75) is 19.8 Å². The Kier molecular flexibility index (Phi) is 5.14. The van der Waals surface area contributed by atoms with E-state index in [-0.39, 0.29) is 17.7 Å². The second kappa shape index (κ2) is 7.49. The number of amides is 2. The van der Waals surface area contributed by atoms with Gasteiger partial charge in [0.05, 0.1) is 5.71 Å². The number of hydrogen-bond acceptors (Lipinski definition) is 3. The number of nitrogens with one attached hydrogen (secondary N) is 2. The van der Waals surface area contributed by atoms with Crippen LogP contribution in [0.4, 0.5) is 5.69 Å².